The molecule has 0 aliphatic carbocycles. The van der Waals surface area contributed by atoms with Gasteiger partial charge in [0.2, 0.25) is 11.7 Å². The quantitative estimate of drug-likeness (QED) is 0.446. The molecule has 0 saturated carbocycles. The molecule has 1 aliphatic heterocycles. The molecule has 1 aliphatic rings. The molecule has 160 valence electrons. The van der Waals surface area contributed by atoms with Crippen LogP contribution in [0.5, 0.6) is 0 Å². The van der Waals surface area contributed by atoms with E-state index in [-0.39, 0.29) is 29.1 Å². The van der Waals surface area contributed by atoms with Gasteiger partial charge in [-0.3, -0.25) is 18.6 Å². The summed E-state index contributed by atoms with van der Waals surface area (Å²) < 4.78 is 22.8. The fraction of sp³-hybridized carbons (Fsp3) is 0.300. The number of anilines is 1. The van der Waals surface area contributed by atoms with Crippen LogP contribution in [0.1, 0.15) is 12.8 Å². The Morgan fingerprint density at radius 1 is 1.29 bits per heavy atom. The number of thioether (sulfide) groups is 1. The molecule has 1 aromatic carbocycles. The Kier molecular flexibility index (Phi) is 5.47. The summed E-state index contributed by atoms with van der Waals surface area (Å²) in [7, 11) is 0. The molecule has 0 radical (unpaired) electrons. The first kappa shape index (κ1) is 20.2. The Morgan fingerprint density at radius 3 is 2.90 bits per heavy atom. The van der Waals surface area contributed by atoms with Crippen LogP contribution in [-0.4, -0.2) is 43.5 Å². The molecule has 1 saturated heterocycles. The van der Waals surface area contributed by atoms with Crippen molar-refractivity contribution < 1.29 is 13.9 Å². The van der Waals surface area contributed by atoms with E-state index in [1.807, 2.05) is 15.8 Å². The molecule has 3 aromatic heterocycles. The Morgan fingerprint density at radius 2 is 2.13 bits per heavy atom. The number of benzene rings is 1. The summed E-state index contributed by atoms with van der Waals surface area (Å²) in [6.07, 6.45) is 1.86. The number of hydrogen-bond donors (Lipinski definition) is 1. The van der Waals surface area contributed by atoms with Gasteiger partial charge in [0.05, 0.1) is 23.9 Å². The highest BCUT2D eigenvalue weighted by molar-refractivity contribution is 7.99. The van der Waals surface area contributed by atoms with E-state index in [0.717, 1.165) is 18.4 Å². The standard InChI is InChI=1S/C20H18FN5O3S2/c21-12-3-5-13(6-4-12)22-16(27)11-31-20-24-23-19-25(10-14-2-1-8-29-14)18(28)17-15(26(19)20)7-9-30-17/h3-7,9,14H,1-2,8,10-11H2,(H,22,27)/t14-/m1/s1. The van der Waals surface area contributed by atoms with E-state index in [1.54, 1.807) is 4.57 Å². The van der Waals surface area contributed by atoms with Crippen LogP contribution in [0, 0.1) is 5.82 Å². The topological polar surface area (TPSA) is 90.5 Å². The van der Waals surface area contributed by atoms with Gasteiger partial charge in [-0.05, 0) is 48.6 Å². The Balaban J connectivity index is 1.43. The van der Waals surface area contributed by atoms with Crippen molar-refractivity contribution in [1.29, 1.82) is 0 Å². The second-order valence-electron chi connectivity index (χ2n) is 7.15. The Bertz CT molecular complexity index is 1310. The van der Waals surface area contributed by atoms with Gasteiger partial charge >= 0.3 is 0 Å². The third-order valence-corrected chi connectivity index (χ3v) is 6.87. The summed E-state index contributed by atoms with van der Waals surface area (Å²) in [5, 5.41) is 13.6. The summed E-state index contributed by atoms with van der Waals surface area (Å²) >= 11 is 2.59. The van der Waals surface area contributed by atoms with Crippen LogP contribution < -0.4 is 10.9 Å². The van der Waals surface area contributed by atoms with E-state index < -0.39 is 0 Å². The first-order valence-electron chi connectivity index (χ1n) is 9.75. The van der Waals surface area contributed by atoms with Gasteiger partial charge in [0, 0.05) is 12.3 Å². The Hall–Kier alpha value is -2.76. The van der Waals surface area contributed by atoms with Crippen molar-refractivity contribution in [2.75, 3.05) is 17.7 Å². The third kappa shape index (κ3) is 3.95. The molecule has 0 spiro atoms. The lowest BCUT2D eigenvalue weighted by Gasteiger charge is -2.13. The number of halogens is 1. The number of carbonyl (C=O) groups is 1. The summed E-state index contributed by atoms with van der Waals surface area (Å²) in [6, 6.07) is 7.44. The van der Waals surface area contributed by atoms with E-state index in [9.17, 15) is 14.0 Å². The molecule has 0 unspecified atom stereocenters. The summed E-state index contributed by atoms with van der Waals surface area (Å²) in [5.74, 6) is -0.0825. The zero-order valence-corrected chi connectivity index (χ0v) is 17.9. The summed E-state index contributed by atoms with van der Waals surface area (Å²) in [4.78, 5) is 25.4. The third-order valence-electron chi connectivity index (χ3n) is 5.05. The SMILES string of the molecule is O=C(CSc1nnc2n(C[C@H]3CCCO3)c(=O)c3sccc3n12)Nc1ccc(F)cc1. The largest absolute Gasteiger partial charge is 0.376 e. The van der Waals surface area contributed by atoms with E-state index in [0.29, 0.717) is 34.5 Å². The molecule has 31 heavy (non-hydrogen) atoms. The highest BCUT2D eigenvalue weighted by Crippen LogP contribution is 2.25. The number of amides is 1. The van der Waals surface area contributed by atoms with Crippen LogP contribution >= 0.6 is 23.1 Å². The molecular formula is C20H18FN5O3S2. The van der Waals surface area contributed by atoms with E-state index in [2.05, 4.69) is 15.5 Å². The van der Waals surface area contributed by atoms with Gasteiger partial charge in [0.15, 0.2) is 5.16 Å². The van der Waals surface area contributed by atoms with E-state index in [4.69, 9.17) is 4.74 Å². The van der Waals surface area contributed by atoms with Crippen LogP contribution in [0.4, 0.5) is 10.1 Å². The van der Waals surface area contributed by atoms with Crippen LogP contribution in [0.2, 0.25) is 0 Å². The molecule has 4 aromatic rings. The number of aromatic nitrogens is 4. The minimum atomic E-state index is -0.365. The molecule has 1 N–H and O–H groups in total. The van der Waals surface area contributed by atoms with Crippen molar-refractivity contribution >= 4 is 50.7 Å². The van der Waals surface area contributed by atoms with Crippen LogP contribution in [-0.2, 0) is 16.1 Å². The lowest BCUT2D eigenvalue weighted by Crippen LogP contribution is -2.28. The maximum absolute atomic E-state index is 13.0. The molecule has 1 fully saturated rings. The van der Waals surface area contributed by atoms with Gasteiger partial charge in [-0.1, -0.05) is 11.8 Å². The smallest absolute Gasteiger partial charge is 0.272 e. The summed E-state index contributed by atoms with van der Waals surface area (Å²) in [6.45, 7) is 1.12. The number of nitrogens with one attached hydrogen (secondary N) is 1. The van der Waals surface area contributed by atoms with Crippen LogP contribution in [0.3, 0.4) is 0 Å². The molecule has 1 amide bonds. The van der Waals surface area contributed by atoms with Crippen molar-refractivity contribution in [3.63, 3.8) is 0 Å². The predicted octanol–water partition coefficient (Wildman–Crippen LogP) is 3.15. The van der Waals surface area contributed by atoms with Crippen molar-refractivity contribution in [2.24, 2.45) is 0 Å². The van der Waals surface area contributed by atoms with Crippen molar-refractivity contribution in [1.82, 2.24) is 19.2 Å². The molecule has 0 bridgehead atoms. The molecule has 5 rings (SSSR count). The molecule has 8 nitrogen and oxygen atoms in total. The van der Waals surface area contributed by atoms with Crippen LogP contribution in [0.15, 0.2) is 45.7 Å². The average Bonchev–Trinajstić information content (AvgIpc) is 3.51. The number of rotatable bonds is 6. The van der Waals surface area contributed by atoms with Crippen LogP contribution in [0.25, 0.3) is 16.0 Å². The lowest BCUT2D eigenvalue weighted by atomic mass is 10.2. The van der Waals surface area contributed by atoms with Gasteiger partial charge in [-0.2, -0.15) is 0 Å². The number of nitrogens with zero attached hydrogens (tertiary/aromatic N) is 4. The van der Waals surface area contributed by atoms with Gasteiger partial charge in [0.25, 0.3) is 5.56 Å². The number of thiophene rings is 1. The highest BCUT2D eigenvalue weighted by atomic mass is 32.2. The zero-order valence-electron chi connectivity index (χ0n) is 16.3. The number of fused-ring (bicyclic) bond motifs is 3. The van der Waals surface area contributed by atoms with Crippen molar-refractivity contribution in [3.05, 3.63) is 51.9 Å². The molecular weight excluding hydrogens is 441 g/mol. The number of ether oxygens (including phenoxy) is 1. The van der Waals surface area contributed by atoms with Gasteiger partial charge in [0.1, 0.15) is 10.5 Å². The van der Waals surface area contributed by atoms with Crippen molar-refractivity contribution in [3.8, 4) is 0 Å². The fourth-order valence-corrected chi connectivity index (χ4v) is 5.17. The maximum Gasteiger partial charge on any atom is 0.272 e. The minimum Gasteiger partial charge on any atom is -0.376 e. The van der Waals surface area contributed by atoms with E-state index in [1.165, 1.54) is 47.4 Å². The fourth-order valence-electron chi connectivity index (χ4n) is 3.61. The van der Waals surface area contributed by atoms with Gasteiger partial charge in [-0.25, -0.2) is 4.39 Å². The first-order valence-corrected chi connectivity index (χ1v) is 11.6. The lowest BCUT2D eigenvalue weighted by molar-refractivity contribution is -0.113. The monoisotopic (exact) mass is 459 g/mol. The second kappa shape index (κ2) is 8.40. The van der Waals surface area contributed by atoms with Crippen molar-refractivity contribution in [2.45, 2.75) is 30.6 Å². The normalized spacial score (nSPS) is 16.4. The molecule has 4 heterocycles. The van der Waals surface area contributed by atoms with Gasteiger partial charge in [-0.15, -0.1) is 21.5 Å². The predicted molar refractivity (Wildman–Crippen MR) is 117 cm³/mol. The molecule has 1 atom stereocenters. The average molecular weight is 460 g/mol. The second-order valence-corrected chi connectivity index (χ2v) is 9.01. The zero-order chi connectivity index (χ0) is 21.4. The van der Waals surface area contributed by atoms with E-state index >= 15 is 0 Å². The first-order chi connectivity index (χ1) is 15.1. The molecule has 11 heteroatoms. The minimum absolute atomic E-state index is 0.0202. The van der Waals surface area contributed by atoms with Gasteiger partial charge < -0.3 is 10.1 Å². The Labute approximate surface area is 184 Å². The maximum atomic E-state index is 13.0. The number of hydrogen-bond acceptors (Lipinski definition) is 7. The highest BCUT2D eigenvalue weighted by Gasteiger charge is 2.22. The number of carbonyl (C=O) groups excluding carboxylic acids is 1. The summed E-state index contributed by atoms with van der Waals surface area (Å²) in [5.41, 5.74) is 1.13.